The minimum absolute atomic E-state index is 0.266. The first-order valence-electron chi connectivity index (χ1n) is 8.75. The molecule has 0 aliphatic carbocycles. The molecule has 0 aliphatic heterocycles. The molecule has 2 rings (SSSR count). The topological polar surface area (TPSA) is 93.7 Å². The van der Waals surface area contributed by atoms with Crippen LogP contribution in [0.4, 0.5) is 10.1 Å². The van der Waals surface area contributed by atoms with Crippen LogP contribution in [0, 0.1) is 0 Å². The zero-order valence-electron chi connectivity index (χ0n) is 16.3. The Morgan fingerprint density at radius 1 is 1.11 bits per heavy atom. The number of aromatic nitrogens is 2. The van der Waals surface area contributed by atoms with E-state index < -0.39 is 22.1 Å². The number of nitrogens with zero attached hydrogens (tertiary/aromatic N) is 3. The summed E-state index contributed by atoms with van der Waals surface area (Å²) in [5, 5.41) is 0. The van der Waals surface area contributed by atoms with Crippen molar-refractivity contribution in [1.29, 1.82) is 0 Å². The number of anilines is 1. The number of halogens is 1. The molecule has 0 radical (unpaired) electrons. The predicted molar refractivity (Wildman–Crippen MR) is 105 cm³/mol. The van der Waals surface area contributed by atoms with Gasteiger partial charge in [-0.05, 0) is 19.2 Å². The minimum Gasteiger partial charge on any atom is -0.481 e. The van der Waals surface area contributed by atoms with E-state index >= 15 is 0 Å². The number of ether oxygens (including phenoxy) is 2. The molecule has 0 bridgehead atoms. The van der Waals surface area contributed by atoms with Gasteiger partial charge in [-0.15, -0.1) is 0 Å². The van der Waals surface area contributed by atoms with Crippen molar-refractivity contribution in [2.75, 3.05) is 38.0 Å². The van der Waals surface area contributed by atoms with Crippen molar-refractivity contribution in [1.82, 2.24) is 14.9 Å². The van der Waals surface area contributed by atoms with Gasteiger partial charge in [0, 0.05) is 5.56 Å². The molecule has 28 heavy (non-hydrogen) atoms. The maximum absolute atomic E-state index is 12.9. The van der Waals surface area contributed by atoms with E-state index in [4.69, 9.17) is 9.47 Å². The quantitative estimate of drug-likeness (QED) is 0.641. The molecule has 1 aromatic carbocycles. The molecule has 1 unspecified atom stereocenters. The number of hydrogen-bond donors (Lipinski definition) is 1. The molecule has 1 N–H and O–H groups in total. The van der Waals surface area contributed by atoms with E-state index in [9.17, 15) is 12.8 Å². The van der Waals surface area contributed by atoms with Gasteiger partial charge in [-0.25, -0.2) is 12.8 Å². The summed E-state index contributed by atoms with van der Waals surface area (Å²) in [4.78, 5) is 10.9. The summed E-state index contributed by atoms with van der Waals surface area (Å²) in [7, 11) is -1.13. The molecule has 2 aromatic rings. The second kappa shape index (κ2) is 9.65. The van der Waals surface area contributed by atoms with Crippen LogP contribution in [0.15, 0.2) is 30.3 Å². The van der Waals surface area contributed by atoms with Crippen LogP contribution in [0.2, 0.25) is 0 Å². The van der Waals surface area contributed by atoms with Gasteiger partial charge in [0.05, 0.1) is 32.0 Å². The number of nitrogens with one attached hydrogen (secondary N) is 1. The largest absolute Gasteiger partial charge is 0.481 e. The summed E-state index contributed by atoms with van der Waals surface area (Å²) < 4.78 is 49.3. The number of rotatable bonds is 10. The van der Waals surface area contributed by atoms with Crippen molar-refractivity contribution in [3.05, 3.63) is 41.7 Å². The van der Waals surface area contributed by atoms with Crippen LogP contribution in [0.1, 0.15) is 31.3 Å². The maximum atomic E-state index is 12.9. The first-order chi connectivity index (χ1) is 13.4. The SMILES string of the molecule is CCN(CC)C(c1nc(OC)cc(OC)n1)c1ccccc1NS(=O)(=O)CF. The Morgan fingerprint density at radius 3 is 2.18 bits per heavy atom. The molecule has 0 saturated carbocycles. The highest BCUT2D eigenvalue weighted by atomic mass is 32.2. The molecule has 1 aromatic heterocycles. The Hall–Kier alpha value is -2.46. The molecule has 154 valence electrons. The molecule has 1 heterocycles. The summed E-state index contributed by atoms with van der Waals surface area (Å²) in [5.41, 5.74) is 0.862. The Kier molecular flexibility index (Phi) is 7.53. The summed E-state index contributed by atoms with van der Waals surface area (Å²) >= 11 is 0. The van der Waals surface area contributed by atoms with E-state index in [1.54, 1.807) is 30.3 Å². The summed E-state index contributed by atoms with van der Waals surface area (Å²) in [5.74, 6) is 1.02. The van der Waals surface area contributed by atoms with E-state index in [1.165, 1.54) is 14.2 Å². The predicted octanol–water partition coefficient (Wildman–Crippen LogP) is 2.59. The lowest BCUT2D eigenvalue weighted by atomic mass is 10.0. The fourth-order valence-electron chi connectivity index (χ4n) is 2.86. The van der Waals surface area contributed by atoms with Gasteiger partial charge in [0.1, 0.15) is 0 Å². The third-order valence-corrected chi connectivity index (χ3v) is 5.02. The highest BCUT2D eigenvalue weighted by molar-refractivity contribution is 7.92. The first kappa shape index (κ1) is 21.8. The van der Waals surface area contributed by atoms with E-state index in [-0.39, 0.29) is 5.69 Å². The lowest BCUT2D eigenvalue weighted by molar-refractivity contribution is 0.238. The fourth-order valence-corrected chi connectivity index (χ4v) is 3.44. The van der Waals surface area contributed by atoms with Gasteiger partial charge in [-0.3, -0.25) is 9.62 Å². The second-order valence-electron chi connectivity index (χ2n) is 5.85. The van der Waals surface area contributed by atoms with Gasteiger partial charge in [0.2, 0.25) is 17.8 Å². The molecule has 0 amide bonds. The summed E-state index contributed by atoms with van der Waals surface area (Å²) in [6.45, 7) is 5.24. The highest BCUT2D eigenvalue weighted by Gasteiger charge is 2.28. The molecule has 0 fully saturated rings. The molecule has 0 aliphatic rings. The number of para-hydroxylation sites is 1. The van der Waals surface area contributed by atoms with Crippen molar-refractivity contribution < 1.29 is 22.3 Å². The normalized spacial score (nSPS) is 12.6. The van der Waals surface area contributed by atoms with Crippen molar-refractivity contribution in [2.24, 2.45) is 0 Å². The number of alkyl halides is 1. The molecule has 0 spiro atoms. The Balaban J connectivity index is 2.67. The van der Waals surface area contributed by atoms with Gasteiger partial charge >= 0.3 is 0 Å². The maximum Gasteiger partial charge on any atom is 0.262 e. The Labute approximate surface area is 164 Å². The summed E-state index contributed by atoms with van der Waals surface area (Å²) in [6, 6.07) is 6.33. The van der Waals surface area contributed by atoms with Crippen LogP contribution in [0.3, 0.4) is 0 Å². The van der Waals surface area contributed by atoms with Gasteiger partial charge in [0.25, 0.3) is 10.0 Å². The third kappa shape index (κ3) is 5.08. The van der Waals surface area contributed by atoms with Crippen LogP contribution in [-0.2, 0) is 10.0 Å². The standard InChI is InChI=1S/C18H25FN4O4S/c1-5-23(6-2)17(18-20-15(26-3)11-16(21-18)27-4)13-9-7-8-10-14(13)22-28(24,25)12-19/h7-11,17,22H,5-6,12H2,1-4H3. The zero-order valence-corrected chi connectivity index (χ0v) is 17.2. The lowest BCUT2D eigenvalue weighted by Gasteiger charge is -2.30. The molecule has 0 saturated heterocycles. The van der Waals surface area contributed by atoms with E-state index in [0.29, 0.717) is 36.2 Å². The number of sulfonamides is 1. The third-order valence-electron chi connectivity index (χ3n) is 4.20. The van der Waals surface area contributed by atoms with Crippen LogP contribution in [0.5, 0.6) is 11.8 Å². The smallest absolute Gasteiger partial charge is 0.262 e. The number of methoxy groups -OCH3 is 2. The average Bonchev–Trinajstić information content (AvgIpc) is 2.72. The molecular formula is C18H25FN4O4S. The minimum atomic E-state index is -4.10. The van der Waals surface area contributed by atoms with Gasteiger partial charge in [0.15, 0.2) is 5.82 Å². The average molecular weight is 412 g/mol. The van der Waals surface area contributed by atoms with Crippen LogP contribution < -0.4 is 14.2 Å². The number of hydrogen-bond acceptors (Lipinski definition) is 7. The van der Waals surface area contributed by atoms with Gasteiger partial charge in [-0.1, -0.05) is 32.0 Å². The van der Waals surface area contributed by atoms with E-state index in [0.717, 1.165) is 0 Å². The van der Waals surface area contributed by atoms with E-state index in [1.807, 2.05) is 13.8 Å². The van der Waals surface area contributed by atoms with Crippen molar-refractivity contribution >= 4 is 15.7 Å². The molecular weight excluding hydrogens is 387 g/mol. The number of benzene rings is 1. The second-order valence-corrected chi connectivity index (χ2v) is 7.50. The first-order valence-corrected chi connectivity index (χ1v) is 10.4. The lowest BCUT2D eigenvalue weighted by Crippen LogP contribution is -2.31. The van der Waals surface area contributed by atoms with Crippen molar-refractivity contribution in [2.45, 2.75) is 19.9 Å². The highest BCUT2D eigenvalue weighted by Crippen LogP contribution is 2.34. The molecule has 10 heteroatoms. The van der Waals surface area contributed by atoms with Gasteiger partial charge < -0.3 is 9.47 Å². The Morgan fingerprint density at radius 2 is 1.68 bits per heavy atom. The molecule has 1 atom stereocenters. The van der Waals surface area contributed by atoms with Crippen molar-refractivity contribution in [3.8, 4) is 11.8 Å². The fraction of sp³-hybridized carbons (Fsp3) is 0.444. The van der Waals surface area contributed by atoms with Gasteiger partial charge in [-0.2, -0.15) is 9.97 Å². The van der Waals surface area contributed by atoms with Crippen LogP contribution >= 0.6 is 0 Å². The van der Waals surface area contributed by atoms with E-state index in [2.05, 4.69) is 19.6 Å². The molecule has 8 nitrogen and oxygen atoms in total. The monoisotopic (exact) mass is 412 g/mol. The zero-order chi connectivity index (χ0) is 20.7. The van der Waals surface area contributed by atoms with Crippen LogP contribution in [0.25, 0.3) is 0 Å². The Bertz CT molecular complexity index is 869. The van der Waals surface area contributed by atoms with Crippen molar-refractivity contribution in [3.63, 3.8) is 0 Å². The summed E-state index contributed by atoms with van der Waals surface area (Å²) in [6.07, 6.45) is 0. The van der Waals surface area contributed by atoms with Crippen LogP contribution in [-0.4, -0.2) is 56.6 Å².